The average Bonchev–Trinajstić information content (AvgIpc) is 2.76. The van der Waals surface area contributed by atoms with Crippen LogP contribution in [0.25, 0.3) is 0 Å². The lowest BCUT2D eigenvalue weighted by Crippen LogP contribution is -2.28. The van der Waals surface area contributed by atoms with Crippen LogP contribution in [0.4, 0.5) is 5.69 Å². The molecule has 3 nitrogen and oxygen atoms in total. The van der Waals surface area contributed by atoms with Crippen LogP contribution in [-0.4, -0.2) is 24.1 Å². The summed E-state index contributed by atoms with van der Waals surface area (Å²) in [6.45, 7) is 9.95. The maximum atomic E-state index is 4.27. The first-order valence-corrected chi connectivity index (χ1v) is 7.08. The van der Waals surface area contributed by atoms with Crippen molar-refractivity contribution >= 4 is 5.69 Å². The second kappa shape index (κ2) is 6.19. The van der Waals surface area contributed by atoms with Crippen molar-refractivity contribution in [2.75, 3.05) is 18.0 Å². The third-order valence-corrected chi connectivity index (χ3v) is 3.61. The van der Waals surface area contributed by atoms with Crippen LogP contribution in [0.3, 0.4) is 0 Å². The molecule has 0 radical (unpaired) electrons. The van der Waals surface area contributed by atoms with Gasteiger partial charge in [0.1, 0.15) is 0 Å². The lowest BCUT2D eigenvalue weighted by atomic mass is 10.1. The van der Waals surface area contributed by atoms with Gasteiger partial charge >= 0.3 is 0 Å². The molecule has 0 bridgehead atoms. The molecule has 2 heterocycles. The van der Waals surface area contributed by atoms with Gasteiger partial charge in [-0.3, -0.25) is 4.98 Å². The first kappa shape index (κ1) is 13.3. The number of hydrogen-bond donors (Lipinski definition) is 1. The van der Waals surface area contributed by atoms with E-state index in [-0.39, 0.29) is 0 Å². The van der Waals surface area contributed by atoms with Crippen LogP contribution in [0.2, 0.25) is 0 Å². The largest absolute Gasteiger partial charge is 0.368 e. The Morgan fingerprint density at radius 3 is 3.00 bits per heavy atom. The van der Waals surface area contributed by atoms with Gasteiger partial charge in [0.05, 0.1) is 0 Å². The van der Waals surface area contributed by atoms with Crippen LogP contribution in [0, 0.1) is 5.92 Å². The average molecular weight is 247 g/mol. The summed E-state index contributed by atoms with van der Waals surface area (Å²) in [4.78, 5) is 6.79. The van der Waals surface area contributed by atoms with Crippen LogP contribution >= 0.6 is 0 Å². The lowest BCUT2D eigenvalue weighted by Gasteiger charge is -2.26. The Morgan fingerprint density at radius 2 is 2.33 bits per heavy atom. The second-order valence-corrected chi connectivity index (χ2v) is 5.71. The highest BCUT2D eigenvalue weighted by Gasteiger charge is 2.22. The number of rotatable bonds is 5. The summed E-state index contributed by atoms with van der Waals surface area (Å²) in [7, 11) is 0. The molecular formula is C15H25N3. The van der Waals surface area contributed by atoms with Crippen LogP contribution in [0.1, 0.15) is 39.2 Å². The molecule has 1 aliphatic heterocycles. The fourth-order valence-electron chi connectivity index (χ4n) is 2.62. The van der Waals surface area contributed by atoms with Gasteiger partial charge < -0.3 is 10.2 Å². The van der Waals surface area contributed by atoms with Crippen molar-refractivity contribution in [3.63, 3.8) is 0 Å². The standard InChI is InChI=1S/C15H25N3/c1-12(2)9-17-11-14-10-16-7-6-15(14)18-8-4-5-13(18)3/h6-7,10,12-13,17H,4-5,8-9,11H2,1-3H3. The topological polar surface area (TPSA) is 28.2 Å². The summed E-state index contributed by atoms with van der Waals surface area (Å²) in [5.74, 6) is 0.691. The van der Waals surface area contributed by atoms with E-state index in [4.69, 9.17) is 0 Å². The molecule has 1 saturated heterocycles. The van der Waals surface area contributed by atoms with Gasteiger partial charge in [-0.05, 0) is 38.3 Å². The summed E-state index contributed by atoms with van der Waals surface area (Å²) < 4.78 is 0. The molecule has 100 valence electrons. The number of aromatic nitrogens is 1. The smallest absolute Gasteiger partial charge is 0.0445 e. The van der Waals surface area contributed by atoms with Crippen LogP contribution in [0.5, 0.6) is 0 Å². The molecule has 0 aliphatic carbocycles. The highest BCUT2D eigenvalue weighted by atomic mass is 15.2. The minimum Gasteiger partial charge on any atom is -0.368 e. The second-order valence-electron chi connectivity index (χ2n) is 5.71. The van der Waals surface area contributed by atoms with Crippen LogP contribution in [-0.2, 0) is 6.54 Å². The monoisotopic (exact) mass is 247 g/mol. The Bertz CT molecular complexity index is 376. The minimum absolute atomic E-state index is 0.663. The van der Waals surface area contributed by atoms with E-state index in [0.29, 0.717) is 12.0 Å². The number of pyridine rings is 1. The molecule has 1 unspecified atom stereocenters. The molecule has 1 fully saturated rings. The van der Waals surface area contributed by atoms with Crippen molar-refractivity contribution in [2.45, 2.75) is 46.2 Å². The molecule has 1 atom stereocenters. The number of anilines is 1. The van der Waals surface area contributed by atoms with Crippen molar-refractivity contribution in [1.82, 2.24) is 10.3 Å². The van der Waals surface area contributed by atoms with E-state index in [1.165, 1.54) is 30.6 Å². The van der Waals surface area contributed by atoms with E-state index in [1.807, 2.05) is 12.4 Å². The number of hydrogen-bond acceptors (Lipinski definition) is 3. The van der Waals surface area contributed by atoms with E-state index < -0.39 is 0 Å². The highest BCUT2D eigenvalue weighted by Crippen LogP contribution is 2.27. The van der Waals surface area contributed by atoms with E-state index in [9.17, 15) is 0 Å². The number of nitrogens with zero attached hydrogens (tertiary/aromatic N) is 2. The Balaban J connectivity index is 2.05. The van der Waals surface area contributed by atoms with Gasteiger partial charge in [-0.2, -0.15) is 0 Å². The molecule has 1 aromatic heterocycles. The van der Waals surface area contributed by atoms with Crippen molar-refractivity contribution in [3.8, 4) is 0 Å². The molecule has 0 spiro atoms. The van der Waals surface area contributed by atoms with Crippen molar-refractivity contribution in [2.24, 2.45) is 5.92 Å². The summed E-state index contributed by atoms with van der Waals surface area (Å²) in [6.07, 6.45) is 6.53. The normalized spacial score (nSPS) is 19.8. The van der Waals surface area contributed by atoms with Crippen molar-refractivity contribution in [3.05, 3.63) is 24.0 Å². The first-order chi connectivity index (χ1) is 8.68. The molecule has 1 aromatic rings. The molecule has 1 N–H and O–H groups in total. The van der Waals surface area contributed by atoms with Gasteiger partial charge in [0.2, 0.25) is 0 Å². The minimum atomic E-state index is 0.663. The summed E-state index contributed by atoms with van der Waals surface area (Å²) >= 11 is 0. The molecule has 1 aliphatic rings. The first-order valence-electron chi connectivity index (χ1n) is 7.08. The lowest BCUT2D eigenvalue weighted by molar-refractivity contribution is 0.551. The van der Waals surface area contributed by atoms with E-state index in [1.54, 1.807) is 0 Å². The zero-order chi connectivity index (χ0) is 13.0. The summed E-state index contributed by atoms with van der Waals surface area (Å²) in [6, 6.07) is 2.82. The highest BCUT2D eigenvalue weighted by molar-refractivity contribution is 5.53. The molecule has 18 heavy (non-hydrogen) atoms. The Labute approximate surface area is 111 Å². The van der Waals surface area contributed by atoms with Gasteiger partial charge in [-0.1, -0.05) is 13.8 Å². The summed E-state index contributed by atoms with van der Waals surface area (Å²) in [5, 5.41) is 3.51. The van der Waals surface area contributed by atoms with Crippen molar-refractivity contribution in [1.29, 1.82) is 0 Å². The molecular weight excluding hydrogens is 222 g/mol. The molecule has 0 amide bonds. The van der Waals surface area contributed by atoms with Crippen LogP contribution < -0.4 is 10.2 Å². The predicted octanol–water partition coefficient (Wildman–Crippen LogP) is 2.82. The van der Waals surface area contributed by atoms with E-state index in [0.717, 1.165) is 13.1 Å². The maximum Gasteiger partial charge on any atom is 0.0445 e. The Kier molecular flexibility index (Phi) is 4.59. The molecule has 0 aromatic carbocycles. The molecule has 3 heteroatoms. The van der Waals surface area contributed by atoms with Gasteiger partial charge in [-0.25, -0.2) is 0 Å². The third-order valence-electron chi connectivity index (χ3n) is 3.61. The number of nitrogens with one attached hydrogen (secondary N) is 1. The van der Waals surface area contributed by atoms with Crippen molar-refractivity contribution < 1.29 is 0 Å². The summed E-state index contributed by atoms with van der Waals surface area (Å²) in [5.41, 5.74) is 2.69. The molecule has 2 rings (SSSR count). The van der Waals surface area contributed by atoms with Gasteiger partial charge in [-0.15, -0.1) is 0 Å². The van der Waals surface area contributed by atoms with Gasteiger partial charge in [0.25, 0.3) is 0 Å². The van der Waals surface area contributed by atoms with E-state index in [2.05, 4.69) is 42.0 Å². The zero-order valence-electron chi connectivity index (χ0n) is 11.8. The van der Waals surface area contributed by atoms with Gasteiger partial charge in [0, 0.05) is 42.8 Å². The Hall–Kier alpha value is -1.09. The SMILES string of the molecule is CC(C)CNCc1cnccc1N1CCCC1C. The third kappa shape index (κ3) is 3.22. The fourth-order valence-corrected chi connectivity index (χ4v) is 2.62. The van der Waals surface area contributed by atoms with Crippen LogP contribution in [0.15, 0.2) is 18.5 Å². The fraction of sp³-hybridized carbons (Fsp3) is 0.667. The predicted molar refractivity (Wildman–Crippen MR) is 76.8 cm³/mol. The van der Waals surface area contributed by atoms with Gasteiger partial charge in [0.15, 0.2) is 0 Å². The molecule has 0 saturated carbocycles. The Morgan fingerprint density at radius 1 is 1.50 bits per heavy atom. The van der Waals surface area contributed by atoms with E-state index >= 15 is 0 Å². The quantitative estimate of drug-likeness (QED) is 0.867. The zero-order valence-corrected chi connectivity index (χ0v) is 11.8. The maximum absolute atomic E-state index is 4.27.